The number of aryl methyl sites for hydroxylation is 1. The van der Waals surface area contributed by atoms with Crippen LogP contribution in [0.1, 0.15) is 49.7 Å². The van der Waals surface area contributed by atoms with Crippen molar-refractivity contribution in [3.63, 3.8) is 0 Å². The molecule has 0 saturated heterocycles. The molecular formula is C25H31N3O5. The number of benzene rings is 2. The van der Waals surface area contributed by atoms with Gasteiger partial charge in [0.25, 0.3) is 0 Å². The van der Waals surface area contributed by atoms with E-state index in [1.807, 2.05) is 44.2 Å². The van der Waals surface area contributed by atoms with Crippen molar-refractivity contribution in [3.05, 3.63) is 81.5 Å². The first kappa shape index (κ1) is 24.3. The molecule has 0 aliphatic carbocycles. The van der Waals surface area contributed by atoms with Gasteiger partial charge < -0.3 is 14.6 Å². The Morgan fingerprint density at radius 3 is 2.48 bits per heavy atom. The van der Waals surface area contributed by atoms with Crippen LogP contribution in [0.25, 0.3) is 0 Å². The van der Waals surface area contributed by atoms with Gasteiger partial charge in [0.15, 0.2) is 11.4 Å². The first-order chi connectivity index (χ1) is 15.7. The normalized spacial score (nSPS) is 11.5. The van der Waals surface area contributed by atoms with Crippen LogP contribution < -0.4 is 10.4 Å². The molecule has 0 atom stereocenters. The summed E-state index contributed by atoms with van der Waals surface area (Å²) in [6.07, 6.45) is 0.807. The topological polar surface area (TPSA) is 95.6 Å². The minimum atomic E-state index is -1.33. The molecule has 8 heteroatoms. The van der Waals surface area contributed by atoms with E-state index in [-0.39, 0.29) is 18.9 Å². The molecule has 0 unspecified atom stereocenters. The van der Waals surface area contributed by atoms with E-state index in [9.17, 15) is 14.7 Å². The fraction of sp³-hybridized carbons (Fsp3) is 0.400. The Bertz CT molecular complexity index is 1150. The number of hydrogen-bond donors (Lipinski definition) is 1. The maximum atomic E-state index is 12.9. The van der Waals surface area contributed by atoms with Crippen LogP contribution in [0.4, 0.5) is 0 Å². The number of hydrogen-bond acceptors (Lipinski definition) is 5. The van der Waals surface area contributed by atoms with E-state index < -0.39 is 11.6 Å². The SMILES string of the molecule is CCCn1c(COCc2cccc(OC(C)(C)C(=O)O)c2)nn(Cc2ccc(C)cc2)c1=O. The van der Waals surface area contributed by atoms with Gasteiger partial charge in [-0.05, 0) is 50.5 Å². The quantitative estimate of drug-likeness (QED) is 0.475. The third-order valence-corrected chi connectivity index (χ3v) is 5.19. The van der Waals surface area contributed by atoms with E-state index in [0.29, 0.717) is 24.7 Å². The van der Waals surface area contributed by atoms with Crippen molar-refractivity contribution >= 4 is 5.97 Å². The van der Waals surface area contributed by atoms with E-state index >= 15 is 0 Å². The molecule has 0 saturated carbocycles. The molecule has 0 aliphatic rings. The third kappa shape index (κ3) is 6.32. The highest BCUT2D eigenvalue weighted by Crippen LogP contribution is 2.20. The second-order valence-corrected chi connectivity index (χ2v) is 8.55. The standard InChI is InChI=1S/C25H31N3O5/c1-5-13-27-22(26-28(24(27)31)15-19-11-9-18(2)10-12-19)17-32-16-20-7-6-8-21(14-20)33-25(3,4)23(29)30/h6-12,14H,5,13,15-17H2,1-4H3,(H,29,30). The number of aromatic nitrogens is 3. The molecule has 0 fully saturated rings. The summed E-state index contributed by atoms with van der Waals surface area (Å²) in [5.41, 5.74) is 1.52. The first-order valence-corrected chi connectivity index (χ1v) is 11.0. The van der Waals surface area contributed by atoms with Gasteiger partial charge in [-0.3, -0.25) is 4.57 Å². The highest BCUT2D eigenvalue weighted by Gasteiger charge is 2.29. The van der Waals surface area contributed by atoms with Crippen molar-refractivity contribution < 1.29 is 19.4 Å². The maximum Gasteiger partial charge on any atom is 0.347 e. The van der Waals surface area contributed by atoms with Crippen molar-refractivity contribution in [1.29, 1.82) is 0 Å². The highest BCUT2D eigenvalue weighted by atomic mass is 16.5. The van der Waals surface area contributed by atoms with E-state index in [1.165, 1.54) is 18.5 Å². The molecular weight excluding hydrogens is 422 g/mol. The fourth-order valence-electron chi connectivity index (χ4n) is 3.31. The van der Waals surface area contributed by atoms with Crippen LogP contribution in [-0.4, -0.2) is 31.0 Å². The molecule has 33 heavy (non-hydrogen) atoms. The van der Waals surface area contributed by atoms with Crippen LogP contribution >= 0.6 is 0 Å². The Labute approximate surface area is 193 Å². The van der Waals surface area contributed by atoms with Crippen LogP contribution in [0, 0.1) is 6.92 Å². The molecule has 0 bridgehead atoms. The second-order valence-electron chi connectivity index (χ2n) is 8.55. The third-order valence-electron chi connectivity index (χ3n) is 5.19. The number of nitrogens with zero attached hydrogens (tertiary/aromatic N) is 3. The predicted molar refractivity (Wildman–Crippen MR) is 124 cm³/mol. The number of ether oxygens (including phenoxy) is 2. The van der Waals surface area contributed by atoms with Crippen molar-refractivity contribution in [2.75, 3.05) is 0 Å². The Morgan fingerprint density at radius 1 is 1.09 bits per heavy atom. The first-order valence-electron chi connectivity index (χ1n) is 11.0. The summed E-state index contributed by atoms with van der Waals surface area (Å²) in [6.45, 7) is 8.46. The van der Waals surface area contributed by atoms with E-state index in [2.05, 4.69) is 5.10 Å². The van der Waals surface area contributed by atoms with Gasteiger partial charge in [-0.1, -0.05) is 48.9 Å². The maximum absolute atomic E-state index is 12.9. The molecule has 2 aromatic carbocycles. The average Bonchev–Trinajstić information content (AvgIpc) is 3.04. The van der Waals surface area contributed by atoms with E-state index in [1.54, 1.807) is 22.8 Å². The largest absolute Gasteiger partial charge is 0.478 e. The number of carbonyl (C=O) groups is 1. The van der Waals surface area contributed by atoms with Crippen molar-refractivity contribution in [2.45, 2.75) is 66.0 Å². The van der Waals surface area contributed by atoms with Crippen LogP contribution in [-0.2, 0) is 35.8 Å². The number of carboxylic acid groups (broad SMARTS) is 1. The summed E-state index contributed by atoms with van der Waals surface area (Å²) < 4.78 is 14.6. The molecule has 0 spiro atoms. The van der Waals surface area contributed by atoms with Crippen LogP contribution in [0.2, 0.25) is 0 Å². The zero-order valence-electron chi connectivity index (χ0n) is 19.6. The summed E-state index contributed by atoms with van der Waals surface area (Å²) in [5.74, 6) is -0.0126. The lowest BCUT2D eigenvalue weighted by atomic mass is 10.1. The van der Waals surface area contributed by atoms with E-state index in [4.69, 9.17) is 9.47 Å². The molecule has 176 valence electrons. The second kappa shape index (κ2) is 10.5. The summed E-state index contributed by atoms with van der Waals surface area (Å²) in [7, 11) is 0. The van der Waals surface area contributed by atoms with Gasteiger partial charge in [-0.2, -0.15) is 5.10 Å². The Morgan fingerprint density at radius 2 is 1.82 bits per heavy atom. The van der Waals surface area contributed by atoms with Crippen LogP contribution in [0.15, 0.2) is 53.3 Å². The van der Waals surface area contributed by atoms with Gasteiger partial charge in [0.1, 0.15) is 12.4 Å². The highest BCUT2D eigenvalue weighted by molar-refractivity contribution is 5.76. The smallest absolute Gasteiger partial charge is 0.347 e. The predicted octanol–water partition coefficient (Wildman–Crippen LogP) is 3.77. The van der Waals surface area contributed by atoms with Gasteiger partial charge in [-0.25, -0.2) is 14.3 Å². The number of aliphatic carboxylic acids is 1. The summed E-state index contributed by atoms with van der Waals surface area (Å²) in [4.78, 5) is 24.2. The molecule has 0 radical (unpaired) electrons. The van der Waals surface area contributed by atoms with Crippen LogP contribution in [0.5, 0.6) is 5.75 Å². The molecule has 0 amide bonds. The van der Waals surface area contributed by atoms with Gasteiger partial charge in [0, 0.05) is 6.54 Å². The molecule has 3 rings (SSSR count). The minimum Gasteiger partial charge on any atom is -0.478 e. The lowest BCUT2D eigenvalue weighted by Crippen LogP contribution is -2.37. The Kier molecular flexibility index (Phi) is 7.71. The number of rotatable bonds is 11. The van der Waals surface area contributed by atoms with E-state index in [0.717, 1.165) is 23.1 Å². The lowest BCUT2D eigenvalue weighted by Gasteiger charge is -2.21. The number of carboxylic acids is 1. The fourth-order valence-corrected chi connectivity index (χ4v) is 3.31. The molecule has 0 aliphatic heterocycles. The summed E-state index contributed by atoms with van der Waals surface area (Å²) in [6, 6.07) is 15.1. The van der Waals surface area contributed by atoms with Gasteiger partial charge >= 0.3 is 11.7 Å². The van der Waals surface area contributed by atoms with Gasteiger partial charge in [-0.15, -0.1) is 0 Å². The lowest BCUT2D eigenvalue weighted by molar-refractivity contribution is -0.152. The van der Waals surface area contributed by atoms with Crippen molar-refractivity contribution in [3.8, 4) is 5.75 Å². The summed E-state index contributed by atoms with van der Waals surface area (Å²) >= 11 is 0. The van der Waals surface area contributed by atoms with Crippen LogP contribution in [0.3, 0.4) is 0 Å². The zero-order valence-corrected chi connectivity index (χ0v) is 19.6. The minimum absolute atomic E-state index is 0.151. The van der Waals surface area contributed by atoms with Gasteiger partial charge in [0.05, 0.1) is 13.2 Å². The van der Waals surface area contributed by atoms with Crippen molar-refractivity contribution in [1.82, 2.24) is 14.3 Å². The monoisotopic (exact) mass is 453 g/mol. The Hall–Kier alpha value is -3.39. The molecule has 8 nitrogen and oxygen atoms in total. The molecule has 1 aromatic heterocycles. The average molecular weight is 454 g/mol. The van der Waals surface area contributed by atoms with Gasteiger partial charge in [0.2, 0.25) is 0 Å². The molecule has 1 heterocycles. The molecule has 3 aromatic rings. The zero-order chi connectivity index (χ0) is 24.0. The Balaban J connectivity index is 1.68. The van der Waals surface area contributed by atoms with Crippen molar-refractivity contribution in [2.24, 2.45) is 0 Å². The summed E-state index contributed by atoms with van der Waals surface area (Å²) in [5, 5.41) is 13.8. The molecule has 1 N–H and O–H groups in total.